The second kappa shape index (κ2) is 6.38. The van der Waals surface area contributed by atoms with E-state index in [0.29, 0.717) is 19.1 Å². The van der Waals surface area contributed by atoms with Gasteiger partial charge in [0.1, 0.15) is 17.1 Å². The predicted molar refractivity (Wildman–Crippen MR) is 115 cm³/mol. The van der Waals surface area contributed by atoms with E-state index >= 15 is 0 Å². The maximum atomic E-state index is 13.5. The van der Waals surface area contributed by atoms with Gasteiger partial charge in [-0.2, -0.15) is 0 Å². The highest BCUT2D eigenvalue weighted by Gasteiger charge is 2.76. The van der Waals surface area contributed by atoms with Crippen LogP contribution in [-0.2, 0) is 23.5 Å². The van der Waals surface area contributed by atoms with E-state index in [9.17, 15) is 9.59 Å². The lowest BCUT2D eigenvalue weighted by molar-refractivity contribution is -0.175. The van der Waals surface area contributed by atoms with Gasteiger partial charge in [0.2, 0.25) is 0 Å². The van der Waals surface area contributed by atoms with Crippen LogP contribution in [0.25, 0.3) is 0 Å². The summed E-state index contributed by atoms with van der Waals surface area (Å²) in [5, 5.41) is -0.0896. The van der Waals surface area contributed by atoms with Crippen LogP contribution in [0.15, 0.2) is 24.3 Å². The SMILES string of the molecule is C=C1C[C@@]2(C(=O)O[C@@H](C=O)C2O[Si](C)(C)C(C)(C)C)[C@@]2(C(=C)C)C[C@@H]1C(C)(C)O2. The number of carbonyl (C=O) groups excluding carboxylic acids is 2. The number of cyclic esters (lactones) is 1. The molecule has 6 heteroatoms. The molecule has 0 N–H and O–H groups in total. The summed E-state index contributed by atoms with van der Waals surface area (Å²) in [6.07, 6.45) is 0.00920. The average Bonchev–Trinajstić information content (AvgIpc) is 2.97. The van der Waals surface area contributed by atoms with Crippen molar-refractivity contribution in [2.75, 3.05) is 0 Å². The Morgan fingerprint density at radius 1 is 1.31 bits per heavy atom. The lowest BCUT2D eigenvalue weighted by Crippen LogP contribution is -2.63. The van der Waals surface area contributed by atoms with Gasteiger partial charge in [-0.25, -0.2) is 0 Å². The number of carbonyl (C=O) groups is 2. The van der Waals surface area contributed by atoms with E-state index < -0.39 is 43.1 Å². The molecular weight excluding hydrogens is 384 g/mol. The Hall–Kier alpha value is -1.24. The first kappa shape index (κ1) is 22.4. The van der Waals surface area contributed by atoms with Gasteiger partial charge in [0.05, 0.1) is 5.60 Å². The number of fused-ring (bicyclic) bond motifs is 3. The molecule has 162 valence electrons. The molecule has 2 heterocycles. The van der Waals surface area contributed by atoms with Crippen molar-refractivity contribution < 1.29 is 23.5 Å². The molecule has 0 radical (unpaired) electrons. The minimum atomic E-state index is -2.33. The molecule has 29 heavy (non-hydrogen) atoms. The molecule has 1 aliphatic carbocycles. The molecule has 3 rings (SSSR count). The summed E-state index contributed by atoms with van der Waals surface area (Å²) in [5.74, 6) is -0.319. The molecule has 1 saturated carbocycles. The molecule has 5 atom stereocenters. The Bertz CT molecular complexity index is 777. The first-order valence-corrected chi connectivity index (χ1v) is 13.3. The van der Waals surface area contributed by atoms with E-state index in [2.05, 4.69) is 47.0 Å². The third-order valence-corrected chi connectivity index (χ3v) is 12.4. The number of aldehydes is 1. The molecule has 2 aliphatic heterocycles. The summed E-state index contributed by atoms with van der Waals surface area (Å²) in [6.45, 7) is 25.2. The molecule has 1 spiro atoms. The normalized spacial score (nSPS) is 39.0. The van der Waals surface area contributed by atoms with Crippen LogP contribution < -0.4 is 0 Å². The maximum Gasteiger partial charge on any atom is 0.319 e. The van der Waals surface area contributed by atoms with Gasteiger partial charge in [-0.1, -0.05) is 39.5 Å². The zero-order valence-electron chi connectivity index (χ0n) is 19.2. The number of rotatable bonds is 4. The quantitative estimate of drug-likeness (QED) is 0.288. The first-order chi connectivity index (χ1) is 13.1. The number of ether oxygens (including phenoxy) is 2. The van der Waals surface area contributed by atoms with Crippen LogP contribution in [0.3, 0.4) is 0 Å². The Kier molecular flexibility index (Phi) is 4.94. The average molecular weight is 421 g/mol. The Morgan fingerprint density at radius 2 is 1.90 bits per heavy atom. The number of hydrogen-bond donors (Lipinski definition) is 0. The molecule has 2 saturated heterocycles. The Morgan fingerprint density at radius 3 is 2.38 bits per heavy atom. The second-order valence-electron chi connectivity index (χ2n) is 11.2. The zero-order valence-corrected chi connectivity index (χ0v) is 20.2. The third kappa shape index (κ3) is 2.86. The smallest absolute Gasteiger partial charge is 0.319 e. The van der Waals surface area contributed by atoms with Gasteiger partial charge >= 0.3 is 5.97 Å². The van der Waals surface area contributed by atoms with Crippen molar-refractivity contribution in [3.63, 3.8) is 0 Å². The van der Waals surface area contributed by atoms with E-state index in [-0.39, 0.29) is 11.0 Å². The molecule has 0 aromatic carbocycles. The van der Waals surface area contributed by atoms with E-state index in [1.165, 1.54) is 0 Å². The molecule has 2 bridgehead atoms. The molecule has 1 unspecified atom stereocenters. The Balaban J connectivity index is 2.22. The van der Waals surface area contributed by atoms with Gasteiger partial charge < -0.3 is 13.9 Å². The van der Waals surface area contributed by atoms with E-state index in [0.717, 1.165) is 11.1 Å². The lowest BCUT2D eigenvalue weighted by Gasteiger charge is -2.51. The third-order valence-electron chi connectivity index (χ3n) is 7.93. The fourth-order valence-corrected chi connectivity index (χ4v) is 6.61. The van der Waals surface area contributed by atoms with Gasteiger partial charge in [0, 0.05) is 5.92 Å². The van der Waals surface area contributed by atoms with Gasteiger partial charge in [-0.15, -0.1) is 0 Å². The molecule has 3 fully saturated rings. The minimum absolute atomic E-state index is 0.0896. The fraction of sp³-hybridized carbons (Fsp3) is 0.739. The van der Waals surface area contributed by atoms with Crippen molar-refractivity contribution in [3.8, 4) is 0 Å². The lowest BCUT2D eigenvalue weighted by atomic mass is 9.55. The van der Waals surface area contributed by atoms with E-state index in [1.54, 1.807) is 0 Å². The summed E-state index contributed by atoms with van der Waals surface area (Å²) in [5.41, 5.74) is -0.851. The largest absolute Gasteiger partial charge is 0.451 e. The van der Waals surface area contributed by atoms with Gasteiger partial charge in [0.15, 0.2) is 20.7 Å². The van der Waals surface area contributed by atoms with Crippen LogP contribution in [-0.4, -0.2) is 44.0 Å². The van der Waals surface area contributed by atoms with E-state index in [4.69, 9.17) is 13.9 Å². The zero-order chi connectivity index (χ0) is 22.2. The fourth-order valence-electron chi connectivity index (χ4n) is 5.29. The van der Waals surface area contributed by atoms with Crippen LogP contribution in [0.1, 0.15) is 54.4 Å². The molecular formula is C23H36O5Si. The van der Waals surface area contributed by atoms with Crippen molar-refractivity contribution in [2.24, 2.45) is 11.3 Å². The molecule has 5 nitrogen and oxygen atoms in total. The first-order valence-electron chi connectivity index (χ1n) is 10.4. The summed E-state index contributed by atoms with van der Waals surface area (Å²) in [4.78, 5) is 25.5. The van der Waals surface area contributed by atoms with Crippen molar-refractivity contribution in [2.45, 2.75) is 95.9 Å². The maximum absolute atomic E-state index is 13.5. The van der Waals surface area contributed by atoms with Crippen molar-refractivity contribution >= 4 is 20.6 Å². The highest BCUT2D eigenvalue weighted by molar-refractivity contribution is 6.74. The van der Waals surface area contributed by atoms with Gasteiger partial charge in [-0.3, -0.25) is 9.59 Å². The van der Waals surface area contributed by atoms with Crippen LogP contribution in [0.4, 0.5) is 0 Å². The van der Waals surface area contributed by atoms with Crippen LogP contribution in [0, 0.1) is 11.3 Å². The summed E-state index contributed by atoms with van der Waals surface area (Å²) >= 11 is 0. The van der Waals surface area contributed by atoms with Crippen LogP contribution >= 0.6 is 0 Å². The van der Waals surface area contributed by atoms with Crippen LogP contribution in [0.5, 0.6) is 0 Å². The molecule has 0 amide bonds. The number of esters is 1. The predicted octanol–water partition coefficient (Wildman–Crippen LogP) is 4.58. The topological polar surface area (TPSA) is 61.8 Å². The standard InChI is InChI=1S/C23H36O5Si/c1-14(2)23-12-16(21(7,8)28-23)15(3)11-22(23)18(17(13-24)26-19(22)25)27-29(9,10)20(4,5)6/h13,16-18H,1,3,11-12H2,2,4-10H3/t16-,17-,18?,22+,23-/m0/s1. The monoisotopic (exact) mass is 420 g/mol. The molecule has 3 aliphatic rings. The van der Waals surface area contributed by atoms with Gasteiger partial charge in [-0.05, 0) is 57.3 Å². The Labute approximate surface area is 176 Å². The van der Waals surface area contributed by atoms with Crippen molar-refractivity contribution in [3.05, 3.63) is 24.3 Å². The van der Waals surface area contributed by atoms with Crippen LogP contribution in [0.2, 0.25) is 18.1 Å². The van der Waals surface area contributed by atoms with E-state index in [1.807, 2.05) is 20.8 Å². The van der Waals surface area contributed by atoms with Crippen molar-refractivity contribution in [1.29, 1.82) is 0 Å². The number of hydrogen-bond acceptors (Lipinski definition) is 5. The summed E-state index contributed by atoms with van der Waals surface area (Å²) in [7, 11) is -2.33. The summed E-state index contributed by atoms with van der Waals surface area (Å²) < 4.78 is 19.1. The highest BCUT2D eigenvalue weighted by Crippen LogP contribution is 2.67. The molecule has 0 aromatic heterocycles. The van der Waals surface area contributed by atoms with Gasteiger partial charge in [0.25, 0.3) is 0 Å². The second-order valence-corrected chi connectivity index (χ2v) is 15.9. The minimum Gasteiger partial charge on any atom is -0.451 e. The van der Waals surface area contributed by atoms with Crippen molar-refractivity contribution in [1.82, 2.24) is 0 Å². The highest BCUT2D eigenvalue weighted by atomic mass is 28.4. The summed E-state index contributed by atoms with van der Waals surface area (Å²) in [6, 6.07) is 0. The molecule has 0 aromatic rings.